The Hall–Kier alpha value is -2.04. The number of anilines is 1. The lowest BCUT2D eigenvalue weighted by Crippen LogP contribution is -2.42. The summed E-state index contributed by atoms with van der Waals surface area (Å²) in [4.78, 5) is 25.1. The van der Waals surface area contributed by atoms with Crippen molar-refractivity contribution in [2.24, 2.45) is 11.8 Å². The fraction of sp³-hybridized carbons (Fsp3) is 0.500. The lowest BCUT2D eigenvalue weighted by molar-refractivity contribution is -0.142. The normalized spacial score (nSPS) is 21.0. The lowest BCUT2D eigenvalue weighted by atomic mass is 9.96. The van der Waals surface area contributed by atoms with Crippen LogP contribution in [0, 0.1) is 11.8 Å². The van der Waals surface area contributed by atoms with Gasteiger partial charge in [-0.05, 0) is 37.8 Å². The third kappa shape index (κ3) is 3.74. The predicted molar refractivity (Wildman–Crippen MR) is 81.3 cm³/mol. The molecule has 1 fully saturated rings. The topological polar surface area (TPSA) is 69.6 Å². The highest BCUT2D eigenvalue weighted by Crippen LogP contribution is 2.31. The van der Waals surface area contributed by atoms with Crippen LogP contribution in [-0.2, 0) is 4.79 Å². The van der Waals surface area contributed by atoms with Crippen LogP contribution in [0.15, 0.2) is 30.3 Å². The monoisotopic (exact) mass is 290 g/mol. The maximum Gasteiger partial charge on any atom is 0.321 e. The highest BCUT2D eigenvalue weighted by Gasteiger charge is 2.33. The standard InChI is InChI=1S/C16H22N2O3/c1-2-18(13-8-4-3-5-9-13)16(21)17-11-12-7-6-10-14(12)15(19)20/h3-5,8-9,12,14H,2,6-7,10-11H2,1H3,(H,17,21)(H,19,20). The van der Waals surface area contributed by atoms with E-state index in [0.717, 1.165) is 18.5 Å². The van der Waals surface area contributed by atoms with E-state index in [9.17, 15) is 9.59 Å². The van der Waals surface area contributed by atoms with Crippen LogP contribution in [0.4, 0.5) is 10.5 Å². The van der Waals surface area contributed by atoms with Gasteiger partial charge in [-0.15, -0.1) is 0 Å². The number of hydrogen-bond donors (Lipinski definition) is 2. The van der Waals surface area contributed by atoms with Crippen LogP contribution in [0.3, 0.4) is 0 Å². The largest absolute Gasteiger partial charge is 0.481 e. The Morgan fingerprint density at radius 2 is 2.00 bits per heavy atom. The third-order valence-corrected chi connectivity index (χ3v) is 4.12. The van der Waals surface area contributed by atoms with E-state index in [1.807, 2.05) is 37.3 Å². The van der Waals surface area contributed by atoms with Gasteiger partial charge < -0.3 is 10.4 Å². The highest BCUT2D eigenvalue weighted by atomic mass is 16.4. The molecule has 1 aromatic carbocycles. The third-order valence-electron chi connectivity index (χ3n) is 4.12. The molecule has 2 rings (SSSR count). The molecule has 0 heterocycles. The fourth-order valence-electron chi connectivity index (χ4n) is 2.97. The average molecular weight is 290 g/mol. The zero-order chi connectivity index (χ0) is 15.2. The molecule has 2 unspecified atom stereocenters. The molecule has 1 aromatic rings. The summed E-state index contributed by atoms with van der Waals surface area (Å²) in [5, 5.41) is 12.0. The number of carboxylic acid groups (broad SMARTS) is 1. The summed E-state index contributed by atoms with van der Waals surface area (Å²) in [7, 11) is 0. The van der Waals surface area contributed by atoms with Crippen molar-refractivity contribution in [3.63, 3.8) is 0 Å². The van der Waals surface area contributed by atoms with Crippen LogP contribution in [0.5, 0.6) is 0 Å². The van der Waals surface area contributed by atoms with Gasteiger partial charge >= 0.3 is 12.0 Å². The van der Waals surface area contributed by atoms with Gasteiger partial charge in [-0.1, -0.05) is 24.6 Å². The zero-order valence-electron chi connectivity index (χ0n) is 12.3. The van der Waals surface area contributed by atoms with Crippen molar-refractivity contribution < 1.29 is 14.7 Å². The summed E-state index contributed by atoms with van der Waals surface area (Å²) >= 11 is 0. The second-order valence-electron chi connectivity index (χ2n) is 5.40. The Bertz CT molecular complexity index is 490. The Morgan fingerprint density at radius 3 is 2.62 bits per heavy atom. The van der Waals surface area contributed by atoms with E-state index in [1.165, 1.54) is 0 Å². The number of nitrogens with zero attached hydrogens (tertiary/aromatic N) is 1. The molecule has 2 N–H and O–H groups in total. The number of carbonyl (C=O) groups excluding carboxylic acids is 1. The molecule has 5 heteroatoms. The van der Waals surface area contributed by atoms with Crippen LogP contribution < -0.4 is 10.2 Å². The van der Waals surface area contributed by atoms with E-state index < -0.39 is 5.97 Å². The Balaban J connectivity index is 1.93. The summed E-state index contributed by atoms with van der Waals surface area (Å²) in [6, 6.07) is 9.30. The number of carbonyl (C=O) groups is 2. The number of benzene rings is 1. The van der Waals surface area contributed by atoms with Crippen molar-refractivity contribution in [1.82, 2.24) is 5.32 Å². The highest BCUT2D eigenvalue weighted by molar-refractivity contribution is 5.91. The van der Waals surface area contributed by atoms with Crippen molar-refractivity contribution in [3.8, 4) is 0 Å². The first-order chi connectivity index (χ1) is 10.1. The van der Waals surface area contributed by atoms with Crippen molar-refractivity contribution in [2.45, 2.75) is 26.2 Å². The van der Waals surface area contributed by atoms with Gasteiger partial charge in [-0.3, -0.25) is 9.69 Å². The van der Waals surface area contributed by atoms with E-state index in [0.29, 0.717) is 19.5 Å². The van der Waals surface area contributed by atoms with Crippen LogP contribution in [-0.4, -0.2) is 30.2 Å². The zero-order valence-corrected chi connectivity index (χ0v) is 12.3. The van der Waals surface area contributed by atoms with E-state index in [4.69, 9.17) is 5.11 Å². The molecule has 0 bridgehead atoms. The molecule has 0 aromatic heterocycles. The van der Waals surface area contributed by atoms with Gasteiger partial charge in [-0.25, -0.2) is 4.79 Å². The average Bonchev–Trinajstić information content (AvgIpc) is 2.95. The Kier molecular flexibility index (Phi) is 5.20. The van der Waals surface area contributed by atoms with Crippen LogP contribution in [0.25, 0.3) is 0 Å². The number of hydrogen-bond acceptors (Lipinski definition) is 2. The molecule has 5 nitrogen and oxygen atoms in total. The van der Waals surface area contributed by atoms with Crippen molar-refractivity contribution >= 4 is 17.7 Å². The van der Waals surface area contributed by atoms with Crippen LogP contribution >= 0.6 is 0 Å². The van der Waals surface area contributed by atoms with Crippen LogP contribution in [0.1, 0.15) is 26.2 Å². The first-order valence-corrected chi connectivity index (χ1v) is 7.46. The number of carboxylic acids is 1. The van der Waals surface area contributed by atoms with Crippen molar-refractivity contribution in [2.75, 3.05) is 18.0 Å². The number of amides is 2. The minimum absolute atomic E-state index is 0.0425. The Labute approximate surface area is 125 Å². The van der Waals surface area contributed by atoms with Gasteiger partial charge in [0.05, 0.1) is 5.92 Å². The minimum Gasteiger partial charge on any atom is -0.481 e. The fourth-order valence-corrected chi connectivity index (χ4v) is 2.97. The molecule has 2 amide bonds. The second kappa shape index (κ2) is 7.11. The first-order valence-electron chi connectivity index (χ1n) is 7.46. The molecule has 0 aliphatic heterocycles. The van der Waals surface area contributed by atoms with E-state index in [-0.39, 0.29) is 17.9 Å². The SMILES string of the molecule is CCN(C(=O)NCC1CCCC1C(=O)O)c1ccccc1. The number of para-hydroxylation sites is 1. The van der Waals surface area contributed by atoms with Crippen molar-refractivity contribution in [1.29, 1.82) is 0 Å². The van der Waals surface area contributed by atoms with E-state index >= 15 is 0 Å². The molecular weight excluding hydrogens is 268 g/mol. The molecule has 2 atom stereocenters. The molecule has 1 aliphatic rings. The molecule has 0 saturated heterocycles. The smallest absolute Gasteiger partial charge is 0.321 e. The van der Waals surface area contributed by atoms with Crippen molar-refractivity contribution in [3.05, 3.63) is 30.3 Å². The lowest BCUT2D eigenvalue weighted by Gasteiger charge is -2.23. The van der Waals surface area contributed by atoms with Gasteiger partial charge in [0.2, 0.25) is 0 Å². The molecular formula is C16H22N2O3. The van der Waals surface area contributed by atoms with E-state index in [1.54, 1.807) is 4.90 Å². The van der Waals surface area contributed by atoms with Gasteiger partial charge in [-0.2, -0.15) is 0 Å². The molecule has 1 aliphatic carbocycles. The maximum absolute atomic E-state index is 12.3. The quantitative estimate of drug-likeness (QED) is 0.876. The molecule has 114 valence electrons. The number of urea groups is 1. The van der Waals surface area contributed by atoms with Gasteiger partial charge in [0, 0.05) is 18.8 Å². The molecule has 1 saturated carbocycles. The summed E-state index contributed by atoms with van der Waals surface area (Å²) in [5.41, 5.74) is 0.846. The van der Waals surface area contributed by atoms with Gasteiger partial charge in [0.25, 0.3) is 0 Å². The predicted octanol–water partition coefficient (Wildman–Crippen LogP) is 2.72. The summed E-state index contributed by atoms with van der Waals surface area (Å²) < 4.78 is 0. The second-order valence-corrected chi connectivity index (χ2v) is 5.40. The van der Waals surface area contributed by atoms with Crippen LogP contribution in [0.2, 0.25) is 0 Å². The Morgan fingerprint density at radius 1 is 1.29 bits per heavy atom. The van der Waals surface area contributed by atoms with E-state index in [2.05, 4.69) is 5.32 Å². The molecule has 0 spiro atoms. The minimum atomic E-state index is -0.748. The van der Waals surface area contributed by atoms with Gasteiger partial charge in [0.1, 0.15) is 0 Å². The first kappa shape index (κ1) is 15.4. The summed E-state index contributed by atoms with van der Waals surface area (Å²) in [6.07, 6.45) is 2.51. The maximum atomic E-state index is 12.3. The summed E-state index contributed by atoms with van der Waals surface area (Å²) in [5.74, 6) is -1.03. The molecule has 0 radical (unpaired) electrons. The molecule has 21 heavy (non-hydrogen) atoms. The summed E-state index contributed by atoms with van der Waals surface area (Å²) in [6.45, 7) is 2.92. The number of nitrogens with one attached hydrogen (secondary N) is 1. The number of rotatable bonds is 5. The van der Waals surface area contributed by atoms with Gasteiger partial charge in [0.15, 0.2) is 0 Å². The number of aliphatic carboxylic acids is 1.